The van der Waals surface area contributed by atoms with Gasteiger partial charge in [-0.1, -0.05) is 18.5 Å². The molecule has 2 rings (SSSR count). The smallest absolute Gasteiger partial charge is 0.124 e. The summed E-state index contributed by atoms with van der Waals surface area (Å²) in [6.07, 6.45) is 1.65. The van der Waals surface area contributed by atoms with Crippen LogP contribution < -0.4 is 14.8 Å². The molecule has 0 saturated carbocycles. The molecular formula is C15H20ClN3O2. The molecule has 5 nitrogen and oxygen atoms in total. The summed E-state index contributed by atoms with van der Waals surface area (Å²) >= 11 is 6.30. The standard InChI is InChI=1S/C15H20ClN3O2/c1-5-17-14(15-12(16)9-18-19(15)2)11-8-10(20-3)6-7-13(11)21-4/h6-9,14,17H,5H2,1-4H3. The zero-order valence-corrected chi connectivity index (χ0v) is 13.4. The summed E-state index contributed by atoms with van der Waals surface area (Å²) in [7, 11) is 5.17. The van der Waals surface area contributed by atoms with Crippen LogP contribution in [0, 0.1) is 0 Å². The summed E-state index contributed by atoms with van der Waals surface area (Å²) in [5.74, 6) is 1.55. The minimum atomic E-state index is -0.125. The molecule has 0 fully saturated rings. The first-order valence-electron chi connectivity index (χ1n) is 6.75. The summed E-state index contributed by atoms with van der Waals surface area (Å²) in [4.78, 5) is 0. The van der Waals surface area contributed by atoms with Crippen molar-refractivity contribution in [3.05, 3.63) is 40.7 Å². The van der Waals surface area contributed by atoms with Crippen molar-refractivity contribution >= 4 is 11.6 Å². The highest BCUT2D eigenvalue weighted by Crippen LogP contribution is 2.35. The van der Waals surface area contributed by atoms with Gasteiger partial charge in [-0.3, -0.25) is 4.68 Å². The quantitative estimate of drug-likeness (QED) is 0.891. The summed E-state index contributed by atoms with van der Waals surface area (Å²) in [5, 5.41) is 8.26. The van der Waals surface area contributed by atoms with Gasteiger partial charge in [-0.15, -0.1) is 0 Å². The monoisotopic (exact) mass is 309 g/mol. The molecule has 2 aromatic rings. The molecule has 0 aliphatic heterocycles. The number of aromatic nitrogens is 2. The summed E-state index contributed by atoms with van der Waals surface area (Å²) in [6, 6.07) is 5.59. The average molecular weight is 310 g/mol. The van der Waals surface area contributed by atoms with E-state index >= 15 is 0 Å². The van der Waals surface area contributed by atoms with Crippen LogP contribution in [0.5, 0.6) is 11.5 Å². The minimum absolute atomic E-state index is 0.125. The second kappa shape index (κ2) is 6.83. The first-order valence-corrected chi connectivity index (χ1v) is 7.12. The Labute approximate surface area is 129 Å². The minimum Gasteiger partial charge on any atom is -0.497 e. The van der Waals surface area contributed by atoms with Crippen molar-refractivity contribution in [3.63, 3.8) is 0 Å². The Morgan fingerprint density at radius 1 is 1.33 bits per heavy atom. The first-order chi connectivity index (χ1) is 10.1. The number of nitrogens with one attached hydrogen (secondary N) is 1. The SMILES string of the molecule is CCNC(c1cc(OC)ccc1OC)c1c(Cl)cnn1C. The van der Waals surface area contributed by atoms with E-state index in [2.05, 4.69) is 10.4 Å². The van der Waals surface area contributed by atoms with Crippen LogP contribution >= 0.6 is 11.6 Å². The summed E-state index contributed by atoms with van der Waals surface area (Å²) in [6.45, 7) is 2.83. The second-order valence-electron chi connectivity index (χ2n) is 4.60. The molecule has 0 spiro atoms. The van der Waals surface area contributed by atoms with Crippen LogP contribution in [0.25, 0.3) is 0 Å². The van der Waals surface area contributed by atoms with E-state index in [9.17, 15) is 0 Å². The number of hydrogen-bond donors (Lipinski definition) is 1. The Hall–Kier alpha value is -1.72. The van der Waals surface area contributed by atoms with Gasteiger partial charge in [0.05, 0.1) is 37.2 Å². The Kier molecular flexibility index (Phi) is 5.09. The number of halogens is 1. The molecule has 6 heteroatoms. The van der Waals surface area contributed by atoms with Crippen molar-refractivity contribution in [1.29, 1.82) is 0 Å². The molecule has 1 aromatic carbocycles. The molecule has 0 saturated heterocycles. The predicted octanol–water partition coefficient (Wildman–Crippen LogP) is 2.79. The van der Waals surface area contributed by atoms with E-state index in [0.717, 1.165) is 29.3 Å². The Morgan fingerprint density at radius 2 is 2.10 bits per heavy atom. The lowest BCUT2D eigenvalue weighted by Crippen LogP contribution is -2.25. The van der Waals surface area contributed by atoms with Gasteiger partial charge in [-0.25, -0.2) is 0 Å². The third-order valence-corrected chi connectivity index (χ3v) is 3.66. The number of aryl methyl sites for hydroxylation is 1. The number of methoxy groups -OCH3 is 2. The molecule has 1 N–H and O–H groups in total. The third kappa shape index (κ3) is 3.14. The molecule has 1 heterocycles. The van der Waals surface area contributed by atoms with Crippen LogP contribution in [-0.2, 0) is 7.05 Å². The van der Waals surface area contributed by atoms with Gasteiger partial charge in [0, 0.05) is 12.6 Å². The number of benzene rings is 1. The molecule has 0 radical (unpaired) electrons. The van der Waals surface area contributed by atoms with E-state index in [-0.39, 0.29) is 6.04 Å². The molecule has 114 valence electrons. The molecule has 0 aliphatic carbocycles. The van der Waals surface area contributed by atoms with Crippen molar-refractivity contribution < 1.29 is 9.47 Å². The number of ether oxygens (including phenoxy) is 2. The van der Waals surface area contributed by atoms with Crippen molar-refractivity contribution in [3.8, 4) is 11.5 Å². The highest BCUT2D eigenvalue weighted by atomic mass is 35.5. The van der Waals surface area contributed by atoms with E-state index in [4.69, 9.17) is 21.1 Å². The van der Waals surface area contributed by atoms with Crippen molar-refractivity contribution in [2.24, 2.45) is 7.05 Å². The molecule has 1 unspecified atom stereocenters. The summed E-state index contributed by atoms with van der Waals surface area (Å²) < 4.78 is 12.6. The fourth-order valence-electron chi connectivity index (χ4n) is 2.37. The lowest BCUT2D eigenvalue weighted by Gasteiger charge is -2.22. The van der Waals surface area contributed by atoms with Crippen molar-refractivity contribution in [2.75, 3.05) is 20.8 Å². The molecule has 0 aliphatic rings. The predicted molar refractivity (Wildman–Crippen MR) is 83.3 cm³/mol. The fraction of sp³-hybridized carbons (Fsp3) is 0.400. The lowest BCUT2D eigenvalue weighted by atomic mass is 10.0. The van der Waals surface area contributed by atoms with E-state index < -0.39 is 0 Å². The van der Waals surface area contributed by atoms with Crippen molar-refractivity contribution in [2.45, 2.75) is 13.0 Å². The second-order valence-corrected chi connectivity index (χ2v) is 5.01. The maximum Gasteiger partial charge on any atom is 0.124 e. The molecule has 0 bridgehead atoms. The Morgan fingerprint density at radius 3 is 2.62 bits per heavy atom. The van der Waals surface area contributed by atoms with E-state index in [1.54, 1.807) is 25.1 Å². The van der Waals surface area contributed by atoms with Crippen LogP contribution in [0.2, 0.25) is 5.02 Å². The van der Waals surface area contributed by atoms with Crippen LogP contribution in [0.1, 0.15) is 24.2 Å². The third-order valence-electron chi connectivity index (χ3n) is 3.37. The van der Waals surface area contributed by atoms with Gasteiger partial charge >= 0.3 is 0 Å². The van der Waals surface area contributed by atoms with E-state index in [1.165, 1.54) is 0 Å². The Bertz CT molecular complexity index is 593. The van der Waals surface area contributed by atoms with Crippen LogP contribution in [-0.4, -0.2) is 30.5 Å². The lowest BCUT2D eigenvalue weighted by molar-refractivity contribution is 0.392. The van der Waals surface area contributed by atoms with Gasteiger partial charge < -0.3 is 14.8 Å². The highest BCUT2D eigenvalue weighted by molar-refractivity contribution is 6.31. The zero-order valence-electron chi connectivity index (χ0n) is 12.7. The first kappa shape index (κ1) is 15.7. The molecule has 21 heavy (non-hydrogen) atoms. The van der Waals surface area contributed by atoms with Crippen LogP contribution in [0.15, 0.2) is 24.4 Å². The van der Waals surface area contributed by atoms with E-state index in [0.29, 0.717) is 5.02 Å². The fourth-order valence-corrected chi connectivity index (χ4v) is 2.64. The maximum absolute atomic E-state index is 6.30. The van der Waals surface area contributed by atoms with E-state index in [1.807, 2.05) is 32.2 Å². The topological polar surface area (TPSA) is 48.3 Å². The van der Waals surface area contributed by atoms with Crippen LogP contribution in [0.4, 0.5) is 0 Å². The largest absolute Gasteiger partial charge is 0.497 e. The van der Waals surface area contributed by atoms with Gasteiger partial charge in [-0.2, -0.15) is 5.10 Å². The number of rotatable bonds is 6. The number of nitrogens with zero attached hydrogens (tertiary/aromatic N) is 2. The average Bonchev–Trinajstić information content (AvgIpc) is 2.83. The van der Waals surface area contributed by atoms with Gasteiger partial charge in [0.2, 0.25) is 0 Å². The van der Waals surface area contributed by atoms with Gasteiger partial charge in [0.1, 0.15) is 11.5 Å². The highest BCUT2D eigenvalue weighted by Gasteiger charge is 2.24. The summed E-state index contributed by atoms with van der Waals surface area (Å²) in [5.41, 5.74) is 1.86. The van der Waals surface area contributed by atoms with Gasteiger partial charge in [0.25, 0.3) is 0 Å². The van der Waals surface area contributed by atoms with Crippen LogP contribution in [0.3, 0.4) is 0 Å². The Balaban J connectivity index is 2.57. The molecule has 1 atom stereocenters. The normalized spacial score (nSPS) is 12.2. The van der Waals surface area contributed by atoms with Crippen molar-refractivity contribution in [1.82, 2.24) is 15.1 Å². The molecule has 1 aromatic heterocycles. The van der Waals surface area contributed by atoms with Gasteiger partial charge in [-0.05, 0) is 24.7 Å². The molecular weight excluding hydrogens is 290 g/mol. The van der Waals surface area contributed by atoms with Gasteiger partial charge in [0.15, 0.2) is 0 Å². The maximum atomic E-state index is 6.30. The number of hydrogen-bond acceptors (Lipinski definition) is 4. The molecule has 0 amide bonds. The zero-order chi connectivity index (χ0) is 15.4.